The van der Waals surface area contributed by atoms with Gasteiger partial charge in [0.1, 0.15) is 12.3 Å². The molecule has 1 heterocycles. The van der Waals surface area contributed by atoms with Gasteiger partial charge >= 0.3 is 12.0 Å². The van der Waals surface area contributed by atoms with Crippen molar-refractivity contribution in [1.29, 1.82) is 0 Å². The normalized spacial score (nSPS) is 18.6. The van der Waals surface area contributed by atoms with Crippen molar-refractivity contribution in [3.8, 4) is 5.75 Å². The number of amides is 2. The predicted molar refractivity (Wildman–Crippen MR) is 63.5 cm³/mol. The van der Waals surface area contributed by atoms with E-state index in [0.29, 0.717) is 12.3 Å². The zero-order valence-electron chi connectivity index (χ0n) is 9.92. The molecule has 6 nitrogen and oxygen atoms in total. The topological polar surface area (TPSA) is 78.9 Å². The highest BCUT2D eigenvalue weighted by Gasteiger charge is 2.30. The minimum absolute atomic E-state index is 0.202. The van der Waals surface area contributed by atoms with Gasteiger partial charge in [0, 0.05) is 6.54 Å². The molecule has 0 radical (unpaired) electrons. The zero-order valence-corrected chi connectivity index (χ0v) is 9.92. The molecule has 1 aliphatic rings. The van der Waals surface area contributed by atoms with Crippen LogP contribution < -0.4 is 10.1 Å². The minimum Gasteiger partial charge on any atom is -0.497 e. The highest BCUT2D eigenvalue weighted by Crippen LogP contribution is 2.23. The molecule has 6 heteroatoms. The highest BCUT2D eigenvalue weighted by atomic mass is 16.5. The maximum absolute atomic E-state index is 11.6. The van der Waals surface area contributed by atoms with Gasteiger partial charge in [0.15, 0.2) is 0 Å². The van der Waals surface area contributed by atoms with Crippen LogP contribution in [0.3, 0.4) is 0 Å². The first-order valence-corrected chi connectivity index (χ1v) is 5.51. The van der Waals surface area contributed by atoms with Crippen LogP contribution in [0.2, 0.25) is 0 Å². The number of hydrogen-bond acceptors (Lipinski definition) is 3. The Morgan fingerprint density at radius 2 is 2.39 bits per heavy atom. The molecule has 2 rings (SSSR count). The van der Waals surface area contributed by atoms with Crippen LogP contribution in [0, 0.1) is 0 Å². The molecule has 0 saturated carbocycles. The van der Waals surface area contributed by atoms with Gasteiger partial charge in [-0.15, -0.1) is 0 Å². The summed E-state index contributed by atoms with van der Waals surface area (Å²) in [4.78, 5) is 23.4. The van der Waals surface area contributed by atoms with Crippen LogP contribution in [0.5, 0.6) is 5.75 Å². The van der Waals surface area contributed by atoms with Crippen molar-refractivity contribution >= 4 is 12.0 Å². The first-order chi connectivity index (χ1) is 8.60. The van der Waals surface area contributed by atoms with Crippen LogP contribution in [0.1, 0.15) is 11.6 Å². The number of carboxylic acids is 1. The molecule has 1 aliphatic heterocycles. The number of benzene rings is 1. The van der Waals surface area contributed by atoms with Gasteiger partial charge in [-0.25, -0.2) is 4.79 Å². The van der Waals surface area contributed by atoms with E-state index in [1.807, 2.05) is 24.3 Å². The number of carbonyl (C=O) groups excluding carboxylic acids is 1. The Hall–Kier alpha value is -2.24. The lowest BCUT2D eigenvalue weighted by atomic mass is 10.1. The first-order valence-electron chi connectivity index (χ1n) is 5.51. The number of carbonyl (C=O) groups is 2. The van der Waals surface area contributed by atoms with Gasteiger partial charge in [0.05, 0.1) is 13.2 Å². The van der Waals surface area contributed by atoms with E-state index >= 15 is 0 Å². The summed E-state index contributed by atoms with van der Waals surface area (Å²) in [6, 6.07) is 6.79. The number of methoxy groups -OCH3 is 1. The van der Waals surface area contributed by atoms with Crippen LogP contribution in [0.25, 0.3) is 0 Å². The number of urea groups is 1. The number of aliphatic carboxylic acids is 1. The summed E-state index contributed by atoms with van der Waals surface area (Å²) in [5.41, 5.74) is 0.899. The Balaban J connectivity index is 2.11. The fourth-order valence-corrected chi connectivity index (χ4v) is 1.94. The molecule has 1 aromatic rings. The molecule has 0 aliphatic carbocycles. The summed E-state index contributed by atoms with van der Waals surface area (Å²) >= 11 is 0. The number of nitrogens with one attached hydrogen (secondary N) is 1. The molecule has 1 aromatic carbocycles. The van der Waals surface area contributed by atoms with Crippen molar-refractivity contribution < 1.29 is 19.4 Å². The first kappa shape index (κ1) is 12.2. The van der Waals surface area contributed by atoms with Crippen molar-refractivity contribution in [2.24, 2.45) is 0 Å². The average molecular weight is 250 g/mol. The van der Waals surface area contributed by atoms with Gasteiger partial charge in [0.2, 0.25) is 0 Å². The quantitative estimate of drug-likeness (QED) is 0.830. The van der Waals surface area contributed by atoms with Crippen LogP contribution in [0.15, 0.2) is 24.3 Å². The summed E-state index contributed by atoms with van der Waals surface area (Å²) in [5.74, 6) is -0.310. The van der Waals surface area contributed by atoms with Crippen molar-refractivity contribution in [3.05, 3.63) is 29.8 Å². The van der Waals surface area contributed by atoms with Crippen molar-refractivity contribution in [3.63, 3.8) is 0 Å². The van der Waals surface area contributed by atoms with E-state index in [0.717, 1.165) is 5.56 Å². The van der Waals surface area contributed by atoms with Crippen molar-refractivity contribution in [1.82, 2.24) is 10.2 Å². The second-order valence-corrected chi connectivity index (χ2v) is 4.05. The van der Waals surface area contributed by atoms with Gasteiger partial charge < -0.3 is 20.1 Å². The number of rotatable bonds is 4. The molecule has 0 spiro atoms. The fourth-order valence-electron chi connectivity index (χ4n) is 1.94. The Bertz CT molecular complexity index is 475. The lowest BCUT2D eigenvalue weighted by molar-refractivity contribution is -0.137. The van der Waals surface area contributed by atoms with Gasteiger partial charge in [-0.05, 0) is 17.7 Å². The van der Waals surface area contributed by atoms with E-state index < -0.39 is 5.97 Å². The third-order valence-electron chi connectivity index (χ3n) is 2.81. The van der Waals surface area contributed by atoms with E-state index in [2.05, 4.69) is 5.32 Å². The Morgan fingerprint density at radius 1 is 1.61 bits per heavy atom. The van der Waals surface area contributed by atoms with E-state index in [1.165, 1.54) is 4.90 Å². The predicted octanol–water partition coefficient (Wildman–Crippen LogP) is 0.846. The minimum atomic E-state index is -1.02. The van der Waals surface area contributed by atoms with Gasteiger partial charge in [-0.3, -0.25) is 4.79 Å². The molecule has 2 N–H and O–H groups in total. The molecule has 1 atom stereocenters. The molecule has 96 valence electrons. The zero-order chi connectivity index (χ0) is 13.1. The molecule has 1 unspecified atom stereocenters. The van der Waals surface area contributed by atoms with Crippen LogP contribution in [-0.2, 0) is 4.79 Å². The van der Waals surface area contributed by atoms with Gasteiger partial charge in [-0.2, -0.15) is 0 Å². The third-order valence-corrected chi connectivity index (χ3v) is 2.81. The van der Waals surface area contributed by atoms with Crippen LogP contribution in [-0.4, -0.2) is 42.2 Å². The molecular weight excluding hydrogens is 236 g/mol. The molecule has 1 fully saturated rings. The summed E-state index contributed by atoms with van der Waals surface area (Å²) in [7, 11) is 1.57. The van der Waals surface area contributed by atoms with E-state index in [9.17, 15) is 9.59 Å². The second-order valence-electron chi connectivity index (χ2n) is 4.05. The van der Waals surface area contributed by atoms with Crippen LogP contribution >= 0.6 is 0 Å². The van der Waals surface area contributed by atoms with E-state index in [4.69, 9.17) is 9.84 Å². The van der Waals surface area contributed by atoms with E-state index in [1.54, 1.807) is 7.11 Å². The Morgan fingerprint density at radius 3 is 3.06 bits per heavy atom. The summed E-state index contributed by atoms with van der Waals surface area (Å²) in [5, 5.41) is 11.4. The number of hydrogen-bond donors (Lipinski definition) is 2. The molecule has 18 heavy (non-hydrogen) atoms. The number of carboxylic acid groups (broad SMARTS) is 1. The van der Waals surface area contributed by atoms with Crippen molar-refractivity contribution in [2.75, 3.05) is 20.2 Å². The van der Waals surface area contributed by atoms with Gasteiger partial charge in [-0.1, -0.05) is 12.1 Å². The lowest BCUT2D eigenvalue weighted by Gasteiger charge is -2.12. The Kier molecular flexibility index (Phi) is 3.36. The van der Waals surface area contributed by atoms with Gasteiger partial charge in [0.25, 0.3) is 0 Å². The van der Waals surface area contributed by atoms with Crippen LogP contribution in [0.4, 0.5) is 4.79 Å². The summed E-state index contributed by atoms with van der Waals surface area (Å²) in [6.07, 6.45) is 0. The second kappa shape index (κ2) is 4.95. The average Bonchev–Trinajstić information content (AvgIpc) is 2.70. The largest absolute Gasteiger partial charge is 0.497 e. The lowest BCUT2D eigenvalue weighted by Crippen LogP contribution is -2.32. The fraction of sp³-hybridized carbons (Fsp3) is 0.333. The standard InChI is InChI=1S/C12H14N2O4/c1-18-9-4-2-3-8(5-9)10-6-14(7-11(15)16)12(17)13-10/h2-5,10H,6-7H2,1H3,(H,13,17)(H,15,16). The molecule has 0 aromatic heterocycles. The summed E-state index contributed by atoms with van der Waals surface area (Å²) in [6.45, 7) is 0.0601. The maximum atomic E-state index is 11.6. The highest BCUT2D eigenvalue weighted by molar-refractivity contribution is 5.82. The smallest absolute Gasteiger partial charge is 0.323 e. The molecule has 0 bridgehead atoms. The number of ether oxygens (including phenoxy) is 1. The SMILES string of the molecule is COc1cccc(C2CN(CC(=O)O)C(=O)N2)c1. The number of nitrogens with zero attached hydrogens (tertiary/aromatic N) is 1. The molecule has 2 amide bonds. The summed E-state index contributed by atoms with van der Waals surface area (Å²) < 4.78 is 5.11. The monoisotopic (exact) mass is 250 g/mol. The molecular formula is C12H14N2O4. The molecule has 1 saturated heterocycles. The maximum Gasteiger partial charge on any atom is 0.323 e. The van der Waals surface area contributed by atoms with Crippen molar-refractivity contribution in [2.45, 2.75) is 6.04 Å². The van der Waals surface area contributed by atoms with E-state index in [-0.39, 0.29) is 18.6 Å². The Labute approximate surface area is 104 Å². The third kappa shape index (κ3) is 2.53.